The zero-order valence-electron chi connectivity index (χ0n) is 15.7. The predicted molar refractivity (Wildman–Crippen MR) is 116 cm³/mol. The summed E-state index contributed by atoms with van der Waals surface area (Å²) < 4.78 is 0.776. The molecule has 3 aromatic rings. The molecule has 29 heavy (non-hydrogen) atoms. The van der Waals surface area contributed by atoms with Gasteiger partial charge in [0, 0.05) is 22.1 Å². The summed E-state index contributed by atoms with van der Waals surface area (Å²) in [7, 11) is 0. The van der Waals surface area contributed by atoms with Crippen LogP contribution < -0.4 is 4.90 Å². The molecule has 5 heteroatoms. The lowest BCUT2D eigenvalue weighted by Gasteiger charge is -2.23. The average Bonchev–Trinajstić information content (AvgIpc) is 2.94. The fourth-order valence-corrected chi connectivity index (χ4v) is 4.18. The summed E-state index contributed by atoms with van der Waals surface area (Å²) in [6.45, 7) is 0.438. The van der Waals surface area contributed by atoms with E-state index in [1.807, 2.05) is 48.5 Å². The molecule has 0 fully saturated rings. The van der Waals surface area contributed by atoms with Crippen LogP contribution in [0, 0.1) is 0 Å². The van der Waals surface area contributed by atoms with Gasteiger partial charge < -0.3 is 10.0 Å². The lowest BCUT2D eigenvalue weighted by molar-refractivity contribution is -0.135. The number of anilines is 1. The zero-order chi connectivity index (χ0) is 20.4. The van der Waals surface area contributed by atoms with E-state index in [1.165, 1.54) is 0 Å². The van der Waals surface area contributed by atoms with Crippen molar-refractivity contribution in [1.29, 1.82) is 0 Å². The van der Waals surface area contributed by atoms with Gasteiger partial charge in [0.25, 0.3) is 5.91 Å². The van der Waals surface area contributed by atoms with E-state index in [2.05, 4.69) is 15.9 Å². The monoisotopic (exact) mass is 449 g/mol. The third kappa shape index (κ3) is 3.76. The minimum absolute atomic E-state index is 0.276. The molecule has 4 rings (SSSR count). The van der Waals surface area contributed by atoms with Crippen LogP contribution in [0.2, 0.25) is 0 Å². The molecule has 0 radical (unpaired) electrons. The quantitative estimate of drug-likeness (QED) is 0.563. The molecular formula is C24H20BrNO3. The van der Waals surface area contributed by atoms with Gasteiger partial charge in [-0.2, -0.15) is 0 Å². The van der Waals surface area contributed by atoms with Crippen molar-refractivity contribution >= 4 is 33.3 Å². The molecule has 4 nitrogen and oxygen atoms in total. The fraction of sp³-hybridized carbons (Fsp3) is 0.167. The van der Waals surface area contributed by atoms with Crippen LogP contribution in [0.25, 0.3) is 0 Å². The normalized spacial score (nSPS) is 18.0. The lowest BCUT2D eigenvalue weighted by Crippen LogP contribution is -2.42. The van der Waals surface area contributed by atoms with Crippen molar-refractivity contribution in [3.8, 4) is 0 Å². The third-order valence-corrected chi connectivity index (χ3v) is 5.76. The van der Waals surface area contributed by atoms with Crippen LogP contribution in [-0.2, 0) is 16.8 Å². The van der Waals surface area contributed by atoms with E-state index in [-0.39, 0.29) is 12.2 Å². The molecule has 0 aromatic heterocycles. The Morgan fingerprint density at radius 1 is 0.966 bits per heavy atom. The van der Waals surface area contributed by atoms with Crippen molar-refractivity contribution < 1.29 is 14.7 Å². The molecule has 3 aromatic carbocycles. The summed E-state index contributed by atoms with van der Waals surface area (Å²) in [6, 6.07) is 24.0. The van der Waals surface area contributed by atoms with E-state index in [9.17, 15) is 14.7 Å². The van der Waals surface area contributed by atoms with Crippen LogP contribution in [0.4, 0.5) is 5.69 Å². The van der Waals surface area contributed by atoms with Crippen LogP contribution in [0.5, 0.6) is 0 Å². The van der Waals surface area contributed by atoms with Crippen molar-refractivity contribution in [2.45, 2.75) is 18.4 Å². The molecule has 1 unspecified atom stereocenters. The number of hydrogen-bond acceptors (Lipinski definition) is 3. The standard InChI is InChI=1S/C24H20BrNO3/c25-19-10-6-9-18(15-19)22(27)16-24(29)20-11-4-5-12-21(20)26(23(24)28)14-13-17-7-2-1-3-8-17/h1-12,15,29H,13-14,16H2. The zero-order valence-corrected chi connectivity index (χ0v) is 17.3. The number of fused-ring (bicyclic) bond motifs is 1. The van der Waals surface area contributed by atoms with Crippen LogP contribution in [0.15, 0.2) is 83.3 Å². The lowest BCUT2D eigenvalue weighted by atomic mass is 9.88. The first-order valence-corrected chi connectivity index (χ1v) is 10.2. The summed E-state index contributed by atoms with van der Waals surface area (Å²) in [6.07, 6.45) is 0.373. The molecular weight excluding hydrogens is 430 g/mol. The van der Waals surface area contributed by atoms with Gasteiger partial charge in [-0.3, -0.25) is 9.59 Å². The maximum atomic E-state index is 13.3. The number of nitrogens with zero attached hydrogens (tertiary/aromatic N) is 1. The molecule has 1 N–H and O–H groups in total. The average molecular weight is 450 g/mol. The van der Waals surface area contributed by atoms with E-state index >= 15 is 0 Å². The van der Waals surface area contributed by atoms with Gasteiger partial charge >= 0.3 is 0 Å². The first-order chi connectivity index (χ1) is 14.0. The maximum Gasteiger partial charge on any atom is 0.264 e. The number of carbonyl (C=O) groups excluding carboxylic acids is 2. The molecule has 1 amide bonds. The van der Waals surface area contributed by atoms with Crippen molar-refractivity contribution in [1.82, 2.24) is 0 Å². The van der Waals surface area contributed by atoms with Gasteiger partial charge in [0.2, 0.25) is 0 Å². The SMILES string of the molecule is O=C(CC1(O)C(=O)N(CCc2ccccc2)c2ccccc21)c1cccc(Br)c1. The van der Waals surface area contributed by atoms with Gasteiger partial charge in [-0.25, -0.2) is 0 Å². The maximum absolute atomic E-state index is 13.3. The number of Topliss-reactive ketones (excluding diaryl/α,β-unsaturated/α-hetero) is 1. The highest BCUT2D eigenvalue weighted by Crippen LogP contribution is 2.42. The largest absolute Gasteiger partial charge is 0.375 e. The predicted octanol–water partition coefficient (Wildman–Crippen LogP) is 4.50. The summed E-state index contributed by atoms with van der Waals surface area (Å²) in [5, 5.41) is 11.4. The van der Waals surface area contributed by atoms with Crippen molar-refractivity contribution in [2.75, 3.05) is 11.4 Å². The second kappa shape index (κ2) is 7.93. The molecule has 146 valence electrons. The molecule has 0 spiro atoms. The summed E-state index contributed by atoms with van der Waals surface area (Å²) in [5.74, 6) is -0.722. The fourth-order valence-electron chi connectivity index (χ4n) is 3.78. The molecule has 0 saturated heterocycles. The van der Waals surface area contributed by atoms with E-state index in [4.69, 9.17) is 0 Å². The van der Waals surface area contributed by atoms with E-state index in [1.54, 1.807) is 35.2 Å². The molecule has 1 aliphatic rings. The summed E-state index contributed by atoms with van der Waals surface area (Å²) in [5.41, 5.74) is 0.866. The minimum atomic E-state index is -1.85. The van der Waals surface area contributed by atoms with Crippen LogP contribution in [-0.4, -0.2) is 23.3 Å². The second-order valence-corrected chi connectivity index (χ2v) is 8.10. The van der Waals surface area contributed by atoms with Gasteiger partial charge in [0.1, 0.15) is 0 Å². The van der Waals surface area contributed by atoms with E-state index in [0.717, 1.165) is 10.0 Å². The molecule has 1 heterocycles. The molecule has 0 bridgehead atoms. The number of aliphatic hydroxyl groups is 1. The first-order valence-electron chi connectivity index (χ1n) is 9.45. The number of halogens is 1. The Labute approximate surface area is 177 Å². The van der Waals surface area contributed by atoms with Gasteiger partial charge in [0.15, 0.2) is 11.4 Å². The number of amides is 1. The van der Waals surface area contributed by atoms with Crippen molar-refractivity contribution in [3.05, 3.63) is 100 Å². The highest BCUT2D eigenvalue weighted by atomic mass is 79.9. The van der Waals surface area contributed by atoms with Gasteiger partial charge in [-0.1, -0.05) is 76.6 Å². The number of hydrogen-bond donors (Lipinski definition) is 1. The molecule has 0 saturated carbocycles. The van der Waals surface area contributed by atoms with Crippen molar-refractivity contribution in [2.24, 2.45) is 0 Å². The summed E-state index contributed by atoms with van der Waals surface area (Å²) >= 11 is 3.36. The second-order valence-electron chi connectivity index (χ2n) is 7.18. The smallest absolute Gasteiger partial charge is 0.264 e. The number of para-hydroxylation sites is 1. The number of carbonyl (C=O) groups is 2. The Bertz CT molecular complexity index is 1070. The topological polar surface area (TPSA) is 57.6 Å². The number of ketones is 1. The number of rotatable bonds is 6. The molecule has 1 atom stereocenters. The van der Waals surface area contributed by atoms with Gasteiger partial charge in [0.05, 0.1) is 12.1 Å². The van der Waals surface area contributed by atoms with E-state index in [0.29, 0.717) is 29.8 Å². The Morgan fingerprint density at radius 3 is 2.45 bits per heavy atom. The highest BCUT2D eigenvalue weighted by Gasteiger charge is 2.50. The Hall–Kier alpha value is -2.76. The van der Waals surface area contributed by atoms with Crippen LogP contribution in [0.1, 0.15) is 27.9 Å². The third-order valence-electron chi connectivity index (χ3n) is 5.27. The number of benzene rings is 3. The van der Waals surface area contributed by atoms with Gasteiger partial charge in [-0.15, -0.1) is 0 Å². The first kappa shape index (κ1) is 19.6. The molecule has 1 aliphatic heterocycles. The highest BCUT2D eigenvalue weighted by molar-refractivity contribution is 9.10. The Kier molecular flexibility index (Phi) is 5.35. The Balaban J connectivity index is 1.61. The van der Waals surface area contributed by atoms with Crippen molar-refractivity contribution in [3.63, 3.8) is 0 Å². The van der Waals surface area contributed by atoms with Gasteiger partial charge in [-0.05, 0) is 30.2 Å². The Morgan fingerprint density at radius 2 is 1.69 bits per heavy atom. The van der Waals surface area contributed by atoms with E-state index < -0.39 is 11.5 Å². The molecule has 0 aliphatic carbocycles. The van der Waals surface area contributed by atoms with Crippen LogP contribution in [0.3, 0.4) is 0 Å². The minimum Gasteiger partial charge on any atom is -0.375 e. The van der Waals surface area contributed by atoms with Crippen LogP contribution >= 0.6 is 15.9 Å². The summed E-state index contributed by atoms with van der Waals surface area (Å²) in [4.78, 5) is 27.7.